The second-order valence-corrected chi connectivity index (χ2v) is 6.89. The SMILES string of the molecule is CCOC(=O)COc1c(OC)cc(Cl)cc1C(CC)(Nc1ccc(C#N)cc1)C(=O)O. The molecule has 31 heavy (non-hydrogen) atoms. The maximum absolute atomic E-state index is 12.5. The van der Waals surface area contributed by atoms with Crippen molar-refractivity contribution in [2.45, 2.75) is 25.8 Å². The molecule has 0 aliphatic rings. The van der Waals surface area contributed by atoms with Gasteiger partial charge in [-0.2, -0.15) is 5.26 Å². The number of nitrogens with one attached hydrogen (secondary N) is 1. The summed E-state index contributed by atoms with van der Waals surface area (Å²) in [6.07, 6.45) is 0.0988. The first-order chi connectivity index (χ1) is 14.8. The third kappa shape index (κ3) is 5.38. The molecule has 0 amide bonds. The summed E-state index contributed by atoms with van der Waals surface area (Å²) in [5, 5.41) is 22.5. The molecule has 0 saturated carbocycles. The number of anilines is 1. The number of rotatable bonds is 10. The molecule has 0 radical (unpaired) electrons. The van der Waals surface area contributed by atoms with Crippen molar-refractivity contribution in [2.75, 3.05) is 25.6 Å². The van der Waals surface area contributed by atoms with E-state index in [1.807, 2.05) is 6.07 Å². The first-order valence-corrected chi connectivity index (χ1v) is 9.87. The molecule has 2 aromatic rings. The largest absolute Gasteiger partial charge is 0.493 e. The number of methoxy groups -OCH3 is 1. The van der Waals surface area contributed by atoms with Crippen LogP contribution in [0.1, 0.15) is 31.4 Å². The number of carbonyl (C=O) groups is 2. The normalized spacial score (nSPS) is 12.2. The minimum Gasteiger partial charge on any atom is -0.493 e. The van der Waals surface area contributed by atoms with Crippen molar-refractivity contribution >= 4 is 29.2 Å². The molecule has 8 nitrogen and oxygen atoms in total. The van der Waals surface area contributed by atoms with Crippen molar-refractivity contribution in [3.8, 4) is 17.6 Å². The Labute approximate surface area is 185 Å². The summed E-state index contributed by atoms with van der Waals surface area (Å²) in [6, 6.07) is 11.3. The first-order valence-electron chi connectivity index (χ1n) is 9.49. The smallest absolute Gasteiger partial charge is 0.344 e. The number of carboxylic acids is 1. The van der Waals surface area contributed by atoms with E-state index < -0.39 is 24.1 Å². The molecule has 164 valence electrons. The van der Waals surface area contributed by atoms with Gasteiger partial charge in [-0.15, -0.1) is 0 Å². The number of hydrogen-bond donors (Lipinski definition) is 2. The number of hydrogen-bond acceptors (Lipinski definition) is 7. The van der Waals surface area contributed by atoms with Gasteiger partial charge in [-0.1, -0.05) is 18.5 Å². The number of nitriles is 1. The maximum atomic E-state index is 12.5. The Morgan fingerprint density at radius 3 is 2.42 bits per heavy atom. The molecule has 0 aliphatic heterocycles. The average molecular weight is 447 g/mol. The standard InChI is InChI=1S/C22H23ClN2O6/c1-4-22(21(27)28,25-16-8-6-14(12-24)7-9-16)17-10-15(23)11-18(29-3)20(17)31-13-19(26)30-5-2/h6-11,25H,4-5,13H2,1-3H3,(H,27,28). The summed E-state index contributed by atoms with van der Waals surface area (Å²) < 4.78 is 15.9. The van der Waals surface area contributed by atoms with E-state index in [-0.39, 0.29) is 35.1 Å². The van der Waals surface area contributed by atoms with Crippen LogP contribution in [0.25, 0.3) is 0 Å². The van der Waals surface area contributed by atoms with Crippen molar-refractivity contribution in [3.63, 3.8) is 0 Å². The van der Waals surface area contributed by atoms with Gasteiger partial charge in [0.25, 0.3) is 0 Å². The minimum absolute atomic E-state index is 0.0605. The molecule has 1 atom stereocenters. The molecular weight excluding hydrogens is 424 g/mol. The third-order valence-corrected chi connectivity index (χ3v) is 4.82. The number of esters is 1. The van der Waals surface area contributed by atoms with Gasteiger partial charge < -0.3 is 24.6 Å². The van der Waals surface area contributed by atoms with Crippen molar-refractivity contribution in [2.24, 2.45) is 0 Å². The Morgan fingerprint density at radius 2 is 1.90 bits per heavy atom. The second-order valence-electron chi connectivity index (χ2n) is 6.46. The monoisotopic (exact) mass is 446 g/mol. The molecule has 0 fully saturated rings. The second kappa shape index (κ2) is 10.5. The number of nitrogens with zero attached hydrogens (tertiary/aromatic N) is 1. The lowest BCUT2D eigenvalue weighted by Gasteiger charge is -2.33. The number of aliphatic carboxylic acids is 1. The Kier molecular flexibility index (Phi) is 8.11. The van der Waals surface area contributed by atoms with E-state index in [4.69, 9.17) is 31.1 Å². The predicted octanol–water partition coefficient (Wildman–Crippen LogP) is 3.96. The van der Waals surface area contributed by atoms with Gasteiger partial charge in [-0.05, 0) is 43.7 Å². The van der Waals surface area contributed by atoms with Gasteiger partial charge in [-0.3, -0.25) is 0 Å². The molecule has 9 heteroatoms. The summed E-state index contributed by atoms with van der Waals surface area (Å²) in [6.45, 7) is 3.10. The lowest BCUT2D eigenvalue weighted by molar-refractivity contribution is -0.145. The van der Waals surface area contributed by atoms with Gasteiger partial charge >= 0.3 is 11.9 Å². The van der Waals surface area contributed by atoms with E-state index in [2.05, 4.69) is 5.32 Å². The summed E-state index contributed by atoms with van der Waals surface area (Å²) in [4.78, 5) is 24.4. The Bertz CT molecular complexity index is 987. The van der Waals surface area contributed by atoms with Crippen LogP contribution in [0.15, 0.2) is 36.4 Å². The van der Waals surface area contributed by atoms with E-state index in [1.165, 1.54) is 19.2 Å². The molecule has 2 rings (SSSR count). The minimum atomic E-state index is -1.67. The predicted molar refractivity (Wildman–Crippen MR) is 115 cm³/mol. The van der Waals surface area contributed by atoms with Crippen LogP contribution >= 0.6 is 11.6 Å². The van der Waals surface area contributed by atoms with Crippen LogP contribution in [-0.4, -0.2) is 37.4 Å². The van der Waals surface area contributed by atoms with Crippen molar-refractivity contribution in [1.29, 1.82) is 5.26 Å². The Hall–Kier alpha value is -3.44. The third-order valence-electron chi connectivity index (χ3n) is 4.61. The lowest BCUT2D eigenvalue weighted by atomic mass is 9.85. The van der Waals surface area contributed by atoms with Gasteiger partial charge in [0, 0.05) is 22.3 Å². The maximum Gasteiger partial charge on any atom is 0.344 e. The highest BCUT2D eigenvalue weighted by Gasteiger charge is 2.42. The molecule has 1 unspecified atom stereocenters. The number of ether oxygens (including phenoxy) is 3. The van der Waals surface area contributed by atoms with Gasteiger partial charge in [0.15, 0.2) is 23.6 Å². The molecule has 2 N–H and O–H groups in total. The summed E-state index contributed by atoms with van der Waals surface area (Å²) >= 11 is 6.24. The first kappa shape index (κ1) is 23.8. The number of halogens is 1. The van der Waals surface area contributed by atoms with Crippen LogP contribution in [0.3, 0.4) is 0 Å². The van der Waals surface area contributed by atoms with Crippen LogP contribution < -0.4 is 14.8 Å². The van der Waals surface area contributed by atoms with E-state index >= 15 is 0 Å². The fraction of sp³-hybridized carbons (Fsp3) is 0.318. The van der Waals surface area contributed by atoms with E-state index in [0.29, 0.717) is 11.3 Å². The highest BCUT2D eigenvalue weighted by atomic mass is 35.5. The van der Waals surface area contributed by atoms with Crippen LogP contribution in [0.2, 0.25) is 5.02 Å². The van der Waals surface area contributed by atoms with Gasteiger partial charge in [0.2, 0.25) is 0 Å². The summed E-state index contributed by atoms with van der Waals surface area (Å²) in [5.41, 5.74) is -0.582. The highest BCUT2D eigenvalue weighted by Crippen LogP contribution is 2.43. The fourth-order valence-electron chi connectivity index (χ4n) is 3.06. The van der Waals surface area contributed by atoms with E-state index in [0.717, 1.165) is 0 Å². The molecule has 0 heterocycles. The van der Waals surface area contributed by atoms with Crippen LogP contribution in [0.5, 0.6) is 11.5 Å². The molecule has 0 saturated heterocycles. The van der Waals surface area contributed by atoms with Gasteiger partial charge in [0.05, 0.1) is 25.3 Å². The van der Waals surface area contributed by atoms with Crippen molar-refractivity contribution in [3.05, 3.63) is 52.5 Å². The van der Waals surface area contributed by atoms with Crippen molar-refractivity contribution in [1.82, 2.24) is 0 Å². The highest BCUT2D eigenvalue weighted by molar-refractivity contribution is 6.31. The zero-order valence-corrected chi connectivity index (χ0v) is 18.2. The zero-order valence-electron chi connectivity index (χ0n) is 17.4. The fourth-order valence-corrected chi connectivity index (χ4v) is 3.27. The van der Waals surface area contributed by atoms with Gasteiger partial charge in [-0.25, -0.2) is 9.59 Å². The average Bonchev–Trinajstić information content (AvgIpc) is 2.76. The molecule has 0 aromatic heterocycles. The van der Waals surface area contributed by atoms with Gasteiger partial charge in [0.1, 0.15) is 0 Å². The number of benzene rings is 2. The Morgan fingerprint density at radius 1 is 1.23 bits per heavy atom. The van der Waals surface area contributed by atoms with E-state index in [1.54, 1.807) is 38.1 Å². The molecule has 0 bridgehead atoms. The molecule has 2 aromatic carbocycles. The van der Waals surface area contributed by atoms with E-state index in [9.17, 15) is 14.7 Å². The van der Waals surface area contributed by atoms with Crippen molar-refractivity contribution < 1.29 is 28.9 Å². The quantitative estimate of drug-likeness (QED) is 0.526. The van der Waals surface area contributed by atoms with Crippen LogP contribution in [0, 0.1) is 11.3 Å². The Balaban J connectivity index is 2.60. The molecule has 0 spiro atoms. The number of carboxylic acid groups (broad SMARTS) is 1. The lowest BCUT2D eigenvalue weighted by Crippen LogP contribution is -2.43. The molecule has 0 aliphatic carbocycles. The topological polar surface area (TPSA) is 118 Å². The molecular formula is C22H23ClN2O6. The summed E-state index contributed by atoms with van der Waals surface area (Å²) in [5.74, 6) is -1.56. The number of carbonyl (C=O) groups excluding carboxylic acids is 1. The summed E-state index contributed by atoms with van der Waals surface area (Å²) in [7, 11) is 1.38. The van der Waals surface area contributed by atoms with Crippen LogP contribution in [-0.2, 0) is 19.9 Å². The zero-order chi connectivity index (χ0) is 23.0. The van der Waals surface area contributed by atoms with Crippen LogP contribution in [0.4, 0.5) is 5.69 Å².